The van der Waals surface area contributed by atoms with E-state index >= 15 is 0 Å². The summed E-state index contributed by atoms with van der Waals surface area (Å²) in [7, 11) is -4.78. The highest BCUT2D eigenvalue weighted by molar-refractivity contribution is 7.45. The third-order valence-corrected chi connectivity index (χ3v) is 3.86. The number of alkyl carbamates (subject to hydrolysis) is 1. The second-order valence-electron chi connectivity index (χ2n) is 6.26. The van der Waals surface area contributed by atoms with E-state index in [9.17, 15) is 28.6 Å². The number of amides is 1. The fourth-order valence-corrected chi connectivity index (χ4v) is 2.52. The Balaban J connectivity index is 4.00. The Morgan fingerprint density at radius 3 is 2.19 bits per heavy atom. The largest absolute Gasteiger partial charge is 0.756 e. The zero-order valence-electron chi connectivity index (χ0n) is 18.4. The number of esters is 3. The smallest absolute Gasteiger partial charge is 0.407 e. The lowest BCUT2D eigenvalue weighted by atomic mass is 10.4. The van der Waals surface area contributed by atoms with E-state index in [0.29, 0.717) is 0 Å². The number of phosphoric ester groups is 1. The summed E-state index contributed by atoms with van der Waals surface area (Å²) in [6.07, 6.45) is -2.27. The van der Waals surface area contributed by atoms with Crippen LogP contribution in [-0.4, -0.2) is 82.4 Å². The van der Waals surface area contributed by atoms with Crippen molar-refractivity contribution in [2.75, 3.05) is 46.2 Å². The van der Waals surface area contributed by atoms with E-state index in [-0.39, 0.29) is 32.5 Å². The molecule has 0 aliphatic carbocycles. The second kappa shape index (κ2) is 16.4. The summed E-state index contributed by atoms with van der Waals surface area (Å²) in [6.45, 7) is 3.41. The summed E-state index contributed by atoms with van der Waals surface area (Å²) in [6, 6.07) is 0. The fraction of sp³-hybridized carbons (Fsp3) is 0.765. The van der Waals surface area contributed by atoms with Crippen molar-refractivity contribution in [1.82, 2.24) is 5.32 Å². The van der Waals surface area contributed by atoms with Crippen LogP contribution in [0.4, 0.5) is 4.79 Å². The first-order chi connectivity index (χ1) is 14.9. The van der Waals surface area contributed by atoms with Crippen molar-refractivity contribution in [3.05, 3.63) is 0 Å². The fourth-order valence-electron chi connectivity index (χ4n) is 1.78. The maximum atomic E-state index is 11.7. The van der Waals surface area contributed by atoms with E-state index in [1.165, 1.54) is 0 Å². The highest BCUT2D eigenvalue weighted by Gasteiger charge is 2.19. The second-order valence-corrected chi connectivity index (χ2v) is 7.67. The predicted octanol–water partition coefficient (Wildman–Crippen LogP) is -0.323. The van der Waals surface area contributed by atoms with Crippen LogP contribution in [0.3, 0.4) is 0 Å². The Morgan fingerprint density at radius 1 is 0.906 bits per heavy atom. The molecule has 1 N–H and O–H groups in total. The molecule has 0 heterocycles. The molecule has 0 radical (unpaired) electrons. The zero-order valence-corrected chi connectivity index (χ0v) is 19.3. The maximum absolute atomic E-state index is 11.7. The van der Waals surface area contributed by atoms with E-state index in [1.54, 1.807) is 13.8 Å². The first-order valence-electron chi connectivity index (χ1n) is 9.50. The highest BCUT2D eigenvalue weighted by atomic mass is 31.2. The van der Waals surface area contributed by atoms with Gasteiger partial charge in [-0.15, -0.1) is 0 Å². The maximum Gasteiger partial charge on any atom is 0.407 e. The monoisotopic (exact) mass is 486 g/mol. The van der Waals surface area contributed by atoms with Crippen LogP contribution in [0, 0.1) is 0 Å². The van der Waals surface area contributed by atoms with Crippen molar-refractivity contribution in [2.24, 2.45) is 0 Å². The van der Waals surface area contributed by atoms with Gasteiger partial charge in [0.1, 0.15) is 19.8 Å². The van der Waals surface area contributed by atoms with E-state index in [1.807, 2.05) is 0 Å². The SMILES string of the molecule is CC(=O)OC[C@H](COP(=O)([O-])OCCNC(=O)OCCOCC(=O)OC(C)C)OC(C)=O. The van der Waals surface area contributed by atoms with Crippen molar-refractivity contribution in [3.8, 4) is 0 Å². The summed E-state index contributed by atoms with van der Waals surface area (Å²) in [5.74, 6) is -1.92. The van der Waals surface area contributed by atoms with Gasteiger partial charge >= 0.3 is 24.0 Å². The first kappa shape index (κ1) is 29.8. The van der Waals surface area contributed by atoms with Crippen molar-refractivity contribution in [1.29, 1.82) is 0 Å². The summed E-state index contributed by atoms with van der Waals surface area (Å²) < 4.78 is 44.8. The van der Waals surface area contributed by atoms with Crippen LogP contribution >= 0.6 is 7.82 Å². The third-order valence-electron chi connectivity index (χ3n) is 2.89. The minimum absolute atomic E-state index is 0.0441. The molecule has 0 saturated carbocycles. The van der Waals surface area contributed by atoms with E-state index in [0.717, 1.165) is 13.8 Å². The Bertz CT molecular complexity index is 654. The van der Waals surface area contributed by atoms with Crippen LogP contribution < -0.4 is 10.2 Å². The first-order valence-corrected chi connectivity index (χ1v) is 11.0. The Hall–Kier alpha value is -2.25. The molecule has 1 amide bonds. The van der Waals surface area contributed by atoms with E-state index in [4.69, 9.17) is 18.9 Å². The minimum atomic E-state index is -4.78. The number of nitrogens with one attached hydrogen (secondary N) is 1. The molecule has 14 nitrogen and oxygen atoms in total. The summed E-state index contributed by atoms with van der Waals surface area (Å²) >= 11 is 0. The lowest BCUT2D eigenvalue weighted by Crippen LogP contribution is -2.31. The molecule has 0 aromatic rings. The highest BCUT2D eigenvalue weighted by Crippen LogP contribution is 2.38. The van der Waals surface area contributed by atoms with Crippen LogP contribution in [0.25, 0.3) is 0 Å². The number of rotatable bonds is 16. The van der Waals surface area contributed by atoms with Gasteiger partial charge in [-0.1, -0.05) is 0 Å². The van der Waals surface area contributed by atoms with Gasteiger partial charge in [0.2, 0.25) is 0 Å². The number of hydrogen-bond donors (Lipinski definition) is 1. The average Bonchev–Trinajstić information content (AvgIpc) is 2.66. The van der Waals surface area contributed by atoms with Gasteiger partial charge in [-0.05, 0) is 13.8 Å². The number of carbonyl (C=O) groups excluding carboxylic acids is 4. The normalized spacial score (nSPS) is 13.6. The molecule has 0 aliphatic rings. The van der Waals surface area contributed by atoms with Crippen molar-refractivity contribution in [2.45, 2.75) is 39.9 Å². The number of ether oxygens (including phenoxy) is 5. The average molecular weight is 486 g/mol. The number of phosphoric acid groups is 1. The predicted molar refractivity (Wildman–Crippen MR) is 103 cm³/mol. The van der Waals surface area contributed by atoms with Crippen LogP contribution in [0.2, 0.25) is 0 Å². The molecule has 2 atom stereocenters. The standard InChI is InChI=1S/C17H30NO13P/c1-12(2)30-16(21)11-25-7-8-26-17(22)18-5-6-28-32(23,24)29-10-15(31-14(4)20)9-27-13(3)19/h12,15H,5-11H2,1-4H3,(H,18,22)(H,23,24)/p-1/t15-/m1/s1. The molecule has 0 rings (SSSR count). The summed E-state index contributed by atoms with van der Waals surface area (Å²) in [5.41, 5.74) is 0. The van der Waals surface area contributed by atoms with Gasteiger partial charge in [0, 0.05) is 20.4 Å². The molecule has 0 fully saturated rings. The minimum Gasteiger partial charge on any atom is -0.756 e. The van der Waals surface area contributed by atoms with Gasteiger partial charge < -0.3 is 42.9 Å². The molecule has 186 valence electrons. The molecule has 15 heteroatoms. The summed E-state index contributed by atoms with van der Waals surface area (Å²) in [5, 5.41) is 2.23. The van der Waals surface area contributed by atoms with Crippen LogP contribution in [0.1, 0.15) is 27.7 Å². The molecule has 0 spiro atoms. The van der Waals surface area contributed by atoms with Crippen LogP contribution in [0.5, 0.6) is 0 Å². The van der Waals surface area contributed by atoms with Gasteiger partial charge in [-0.25, -0.2) is 9.59 Å². The Kier molecular flexibility index (Phi) is 15.2. The van der Waals surface area contributed by atoms with Gasteiger partial charge in [-0.3, -0.25) is 14.2 Å². The van der Waals surface area contributed by atoms with Crippen molar-refractivity contribution < 1.29 is 61.4 Å². The molecule has 1 unspecified atom stereocenters. The molecule has 32 heavy (non-hydrogen) atoms. The Labute approximate surface area is 185 Å². The van der Waals surface area contributed by atoms with E-state index < -0.39 is 57.7 Å². The van der Waals surface area contributed by atoms with Gasteiger partial charge in [-0.2, -0.15) is 0 Å². The number of carbonyl (C=O) groups is 4. The molecule has 0 aromatic carbocycles. The molecule has 0 bridgehead atoms. The quantitative estimate of drug-likeness (QED) is 0.130. The summed E-state index contributed by atoms with van der Waals surface area (Å²) in [4.78, 5) is 56.2. The number of hydrogen-bond acceptors (Lipinski definition) is 13. The lowest BCUT2D eigenvalue weighted by Gasteiger charge is -2.25. The molecule has 0 aliphatic heterocycles. The van der Waals surface area contributed by atoms with E-state index in [2.05, 4.69) is 19.1 Å². The molecular formula is C17H29NO13P-. The van der Waals surface area contributed by atoms with Crippen molar-refractivity contribution in [3.63, 3.8) is 0 Å². The Morgan fingerprint density at radius 2 is 1.59 bits per heavy atom. The van der Waals surface area contributed by atoms with Crippen molar-refractivity contribution >= 4 is 31.8 Å². The zero-order chi connectivity index (χ0) is 24.6. The van der Waals surface area contributed by atoms with Gasteiger partial charge in [0.15, 0.2) is 6.10 Å². The topological polar surface area (TPSA) is 185 Å². The van der Waals surface area contributed by atoms with Gasteiger partial charge in [0.05, 0.1) is 25.9 Å². The lowest BCUT2D eigenvalue weighted by molar-refractivity contribution is -0.228. The van der Waals surface area contributed by atoms with Crippen LogP contribution in [0.15, 0.2) is 0 Å². The third kappa shape index (κ3) is 18.5. The van der Waals surface area contributed by atoms with Gasteiger partial charge in [0.25, 0.3) is 7.82 Å². The molecule has 0 saturated heterocycles. The van der Waals surface area contributed by atoms with Crippen LogP contribution in [-0.2, 0) is 51.7 Å². The molecule has 0 aromatic heterocycles. The molecular weight excluding hydrogens is 457 g/mol.